The Bertz CT molecular complexity index is 1050. The predicted molar refractivity (Wildman–Crippen MR) is 122 cm³/mol. The van der Waals surface area contributed by atoms with E-state index in [0.717, 1.165) is 53.0 Å². The van der Waals surface area contributed by atoms with E-state index < -0.39 is 0 Å². The molecule has 2 aromatic rings. The number of hydrogen-bond acceptors (Lipinski definition) is 5. The van der Waals surface area contributed by atoms with Crippen LogP contribution in [0.5, 0.6) is 0 Å². The number of hydrogen-bond donors (Lipinski definition) is 2. The molecule has 1 fully saturated rings. The molecule has 0 aliphatic carbocycles. The average Bonchev–Trinajstić information content (AvgIpc) is 3.17. The number of carbonyl (C=O) groups excluding carboxylic acids is 1. The molecule has 0 radical (unpaired) electrons. The number of nitrogens with one attached hydrogen (secondary N) is 1. The molecule has 0 unspecified atom stereocenters. The van der Waals surface area contributed by atoms with E-state index in [2.05, 4.69) is 16.4 Å². The monoisotopic (exact) mass is 421 g/mol. The normalized spacial score (nSPS) is 20.9. The minimum Gasteiger partial charge on any atom is -0.404 e. The van der Waals surface area contributed by atoms with Gasteiger partial charge < -0.3 is 16.0 Å². The number of aliphatic imine (C=N–C) groups is 1. The summed E-state index contributed by atoms with van der Waals surface area (Å²) in [5, 5.41) is 3.65. The quantitative estimate of drug-likeness (QED) is 0.743. The molecular formula is C24H28FN5O. The summed E-state index contributed by atoms with van der Waals surface area (Å²) in [5.74, 6) is 0.681. The van der Waals surface area contributed by atoms with Crippen LogP contribution in [0.2, 0.25) is 0 Å². The highest BCUT2D eigenvalue weighted by atomic mass is 19.1. The molecule has 162 valence electrons. The Kier molecular flexibility index (Phi) is 5.76. The van der Waals surface area contributed by atoms with Crippen LogP contribution in [-0.2, 0) is 17.6 Å². The van der Waals surface area contributed by atoms with Gasteiger partial charge in [-0.3, -0.25) is 9.79 Å². The van der Waals surface area contributed by atoms with Gasteiger partial charge in [-0.05, 0) is 55.5 Å². The van der Waals surface area contributed by atoms with Crippen LogP contribution in [0.25, 0.3) is 5.57 Å². The first-order valence-corrected chi connectivity index (χ1v) is 10.6. The molecule has 2 aliphatic heterocycles. The number of pyridine rings is 1. The van der Waals surface area contributed by atoms with Crippen molar-refractivity contribution >= 4 is 23.5 Å². The minimum atomic E-state index is -0.289. The highest BCUT2D eigenvalue weighted by Crippen LogP contribution is 2.37. The van der Waals surface area contributed by atoms with Crippen LogP contribution in [0, 0.1) is 12.7 Å². The zero-order valence-electron chi connectivity index (χ0n) is 18.0. The lowest BCUT2D eigenvalue weighted by Gasteiger charge is -2.36. The van der Waals surface area contributed by atoms with Gasteiger partial charge in [0.05, 0.1) is 12.0 Å². The second-order valence-electron chi connectivity index (χ2n) is 8.41. The van der Waals surface area contributed by atoms with Crippen molar-refractivity contribution in [2.24, 2.45) is 10.7 Å². The van der Waals surface area contributed by atoms with Crippen LogP contribution in [-0.4, -0.2) is 47.7 Å². The van der Waals surface area contributed by atoms with E-state index in [-0.39, 0.29) is 17.3 Å². The summed E-state index contributed by atoms with van der Waals surface area (Å²) in [7, 11) is 1.72. The van der Waals surface area contributed by atoms with E-state index in [1.54, 1.807) is 31.6 Å². The lowest BCUT2D eigenvalue weighted by Crippen LogP contribution is -2.45. The Labute approximate surface area is 182 Å². The minimum absolute atomic E-state index is 0.0761. The van der Waals surface area contributed by atoms with Gasteiger partial charge in [-0.25, -0.2) is 9.37 Å². The number of aromatic nitrogens is 1. The molecule has 4 rings (SSSR count). The van der Waals surface area contributed by atoms with Gasteiger partial charge >= 0.3 is 0 Å². The number of fused-ring (bicyclic) bond motifs is 1. The van der Waals surface area contributed by atoms with Crippen molar-refractivity contribution in [3.8, 4) is 0 Å². The number of rotatable bonds is 4. The van der Waals surface area contributed by atoms with Gasteiger partial charge in [0, 0.05) is 49.4 Å². The highest BCUT2D eigenvalue weighted by Gasteiger charge is 2.42. The largest absolute Gasteiger partial charge is 0.404 e. The zero-order chi connectivity index (χ0) is 22.0. The van der Waals surface area contributed by atoms with Crippen molar-refractivity contribution in [2.75, 3.05) is 25.5 Å². The van der Waals surface area contributed by atoms with Gasteiger partial charge in [0.25, 0.3) is 0 Å². The summed E-state index contributed by atoms with van der Waals surface area (Å²) >= 11 is 0. The second-order valence-corrected chi connectivity index (χ2v) is 8.41. The summed E-state index contributed by atoms with van der Waals surface area (Å²) in [6.45, 7) is 3.34. The second kappa shape index (κ2) is 8.49. The molecule has 1 saturated heterocycles. The zero-order valence-corrected chi connectivity index (χ0v) is 18.0. The summed E-state index contributed by atoms with van der Waals surface area (Å²) in [5.41, 5.74) is 10.4. The fourth-order valence-corrected chi connectivity index (χ4v) is 4.55. The van der Waals surface area contributed by atoms with E-state index in [1.165, 1.54) is 12.1 Å². The third kappa shape index (κ3) is 4.31. The van der Waals surface area contributed by atoms with Crippen molar-refractivity contribution in [1.29, 1.82) is 0 Å². The summed E-state index contributed by atoms with van der Waals surface area (Å²) in [6, 6.07) is 8.28. The summed E-state index contributed by atoms with van der Waals surface area (Å²) in [6.07, 6.45) is 6.32. The molecule has 1 atom stereocenters. The van der Waals surface area contributed by atoms with Gasteiger partial charge in [0.15, 0.2) is 0 Å². The Morgan fingerprint density at radius 2 is 2.13 bits per heavy atom. The standard InChI is InChI=1S/C24H28FN5O/c1-16-21(19(13-26)14-27-2)12-18-7-8-24(29-23(18)28-16)9-10-30(15-24)22(31)11-17-3-5-20(25)6-4-17/h3-6,12-14H,7-11,15,26H2,1-2H3,(H,28,29)/t24-/m1/s1. The molecule has 2 aliphatic rings. The first-order chi connectivity index (χ1) is 14.9. The van der Waals surface area contributed by atoms with E-state index in [1.807, 2.05) is 11.8 Å². The van der Waals surface area contributed by atoms with Crippen molar-refractivity contribution in [3.63, 3.8) is 0 Å². The molecule has 6 nitrogen and oxygen atoms in total. The number of aryl methyl sites for hydroxylation is 2. The van der Waals surface area contributed by atoms with E-state index in [4.69, 9.17) is 10.7 Å². The Morgan fingerprint density at radius 3 is 2.84 bits per heavy atom. The van der Waals surface area contributed by atoms with Crippen LogP contribution >= 0.6 is 0 Å². The average molecular weight is 422 g/mol. The van der Waals surface area contributed by atoms with Gasteiger partial charge in [-0.2, -0.15) is 0 Å². The molecule has 1 aromatic carbocycles. The SMILES string of the molecule is CN=CC(=CN)c1cc2c(nc1C)N[C@]1(CC2)CCN(C(=O)Cc2ccc(F)cc2)C1. The summed E-state index contributed by atoms with van der Waals surface area (Å²) in [4.78, 5) is 23.6. The van der Waals surface area contributed by atoms with Crippen LogP contribution in [0.3, 0.4) is 0 Å². The molecule has 1 spiro atoms. The number of halogens is 1. The molecule has 1 aromatic heterocycles. The maximum Gasteiger partial charge on any atom is 0.227 e. The molecule has 0 bridgehead atoms. The Balaban J connectivity index is 1.48. The third-order valence-corrected chi connectivity index (χ3v) is 6.28. The van der Waals surface area contributed by atoms with Gasteiger partial charge in [-0.15, -0.1) is 0 Å². The number of allylic oxidation sites excluding steroid dienone is 1. The molecule has 7 heteroatoms. The number of likely N-dealkylation sites (tertiary alicyclic amines) is 1. The maximum absolute atomic E-state index is 13.1. The number of anilines is 1. The van der Waals surface area contributed by atoms with E-state index >= 15 is 0 Å². The number of carbonyl (C=O) groups is 1. The smallest absolute Gasteiger partial charge is 0.227 e. The fourth-order valence-electron chi connectivity index (χ4n) is 4.55. The highest BCUT2D eigenvalue weighted by molar-refractivity contribution is 6.10. The Hall–Kier alpha value is -3.22. The van der Waals surface area contributed by atoms with E-state index in [0.29, 0.717) is 19.5 Å². The van der Waals surface area contributed by atoms with Crippen LogP contribution in [0.1, 0.15) is 35.2 Å². The first-order valence-electron chi connectivity index (χ1n) is 10.6. The molecule has 1 amide bonds. The number of nitrogens with two attached hydrogens (primary N) is 1. The van der Waals surface area contributed by atoms with E-state index in [9.17, 15) is 9.18 Å². The van der Waals surface area contributed by atoms with Gasteiger partial charge in [0.1, 0.15) is 11.6 Å². The lowest BCUT2D eigenvalue weighted by atomic mass is 9.86. The molecule has 3 heterocycles. The topological polar surface area (TPSA) is 83.6 Å². The third-order valence-electron chi connectivity index (χ3n) is 6.28. The predicted octanol–water partition coefficient (Wildman–Crippen LogP) is 3.10. The van der Waals surface area contributed by atoms with Crippen molar-refractivity contribution in [2.45, 2.75) is 38.1 Å². The van der Waals surface area contributed by atoms with Crippen molar-refractivity contribution in [3.05, 3.63) is 64.7 Å². The van der Waals surface area contributed by atoms with Crippen LogP contribution in [0.15, 0.2) is 41.5 Å². The van der Waals surface area contributed by atoms with Gasteiger partial charge in [-0.1, -0.05) is 12.1 Å². The van der Waals surface area contributed by atoms with Crippen LogP contribution < -0.4 is 11.1 Å². The number of amides is 1. The maximum atomic E-state index is 13.1. The molecule has 31 heavy (non-hydrogen) atoms. The van der Waals surface area contributed by atoms with Crippen LogP contribution in [0.4, 0.5) is 10.2 Å². The lowest BCUT2D eigenvalue weighted by molar-refractivity contribution is -0.129. The molecule has 3 N–H and O–H groups in total. The number of benzene rings is 1. The summed E-state index contributed by atoms with van der Waals surface area (Å²) < 4.78 is 13.1. The van der Waals surface area contributed by atoms with Crippen molar-refractivity contribution in [1.82, 2.24) is 9.88 Å². The van der Waals surface area contributed by atoms with Crippen molar-refractivity contribution < 1.29 is 9.18 Å². The number of nitrogens with zero attached hydrogens (tertiary/aromatic N) is 3. The molecular weight excluding hydrogens is 393 g/mol. The fraction of sp³-hybridized carbons (Fsp3) is 0.375. The first kappa shape index (κ1) is 21.0. The Morgan fingerprint density at radius 1 is 1.35 bits per heavy atom. The molecule has 0 saturated carbocycles. The van der Waals surface area contributed by atoms with Gasteiger partial charge in [0.2, 0.25) is 5.91 Å².